The second-order valence-corrected chi connectivity index (χ2v) is 8.29. The van der Waals surface area contributed by atoms with Gasteiger partial charge in [-0.15, -0.1) is 26.6 Å². The van der Waals surface area contributed by atoms with Gasteiger partial charge in [0.15, 0.2) is 11.5 Å². The molecule has 1 amide bonds. The smallest absolute Gasteiger partial charge is 0.305 e. The van der Waals surface area contributed by atoms with Crippen molar-refractivity contribution in [3.63, 3.8) is 0 Å². The molecule has 10 nitrogen and oxygen atoms in total. The molecule has 1 fully saturated rings. The van der Waals surface area contributed by atoms with Crippen molar-refractivity contribution in [2.24, 2.45) is 5.92 Å². The van der Waals surface area contributed by atoms with Crippen molar-refractivity contribution in [2.45, 2.75) is 30.2 Å². The average molecular weight is 442 g/mol. The van der Waals surface area contributed by atoms with E-state index >= 15 is 0 Å². The number of benzene rings is 1. The summed E-state index contributed by atoms with van der Waals surface area (Å²) >= 11 is 1.61. The Morgan fingerprint density at radius 2 is 1.94 bits per heavy atom. The van der Waals surface area contributed by atoms with Gasteiger partial charge in [-0.2, -0.15) is 0 Å². The molecule has 2 N–H and O–H groups in total. The summed E-state index contributed by atoms with van der Waals surface area (Å²) in [5, 5.41) is 27.9. The maximum absolute atomic E-state index is 12.9. The molecule has 3 heterocycles. The second kappa shape index (κ2) is 9.29. The van der Waals surface area contributed by atoms with Gasteiger partial charge in [-0.1, -0.05) is 12.1 Å². The number of carbonyl (C=O) groups is 2. The zero-order valence-electron chi connectivity index (χ0n) is 17.0. The van der Waals surface area contributed by atoms with Crippen LogP contribution in [0.3, 0.4) is 0 Å². The number of hydrogen-bond acceptors (Lipinski definition) is 8. The Hall–Kier alpha value is -3.21. The molecule has 1 aliphatic heterocycles. The molecule has 0 unspecified atom stereocenters. The summed E-state index contributed by atoms with van der Waals surface area (Å²) < 4.78 is 1.38. The van der Waals surface area contributed by atoms with Crippen LogP contribution < -0.4 is 10.2 Å². The maximum atomic E-state index is 12.9. The Morgan fingerprint density at radius 1 is 1.19 bits per heavy atom. The number of aliphatic carboxylic acids is 1. The van der Waals surface area contributed by atoms with Crippen LogP contribution in [0.5, 0.6) is 0 Å². The second-order valence-electron chi connectivity index (χ2n) is 7.41. The van der Waals surface area contributed by atoms with Crippen LogP contribution in [0.1, 0.15) is 30.9 Å². The number of amides is 1. The summed E-state index contributed by atoms with van der Waals surface area (Å²) in [5.41, 5.74) is 1.37. The van der Waals surface area contributed by atoms with E-state index in [-0.39, 0.29) is 18.2 Å². The van der Waals surface area contributed by atoms with Crippen LogP contribution in [0.25, 0.3) is 5.65 Å². The minimum Gasteiger partial charge on any atom is -0.481 e. The molecule has 31 heavy (non-hydrogen) atoms. The number of carboxylic acid groups (broad SMARTS) is 1. The number of thioether (sulfide) groups is 1. The molecular weight excluding hydrogens is 418 g/mol. The molecule has 0 bridgehead atoms. The standard InChI is InChI=1S/C20H23N7O3S/c1-31-15-4-2-13(3-5-15)16(12-19(28)29)21-20(30)14-8-10-26(11-9-14)18-7-6-17-22-24-25-27(17)23-18/h2-7,14,16H,8-12H2,1H3,(H,21,30)(H,28,29)/t16-/m1/s1. The number of nitrogens with one attached hydrogen (secondary N) is 1. The van der Waals surface area contributed by atoms with Gasteiger partial charge in [0.1, 0.15) is 0 Å². The highest BCUT2D eigenvalue weighted by molar-refractivity contribution is 7.98. The Kier molecular flexibility index (Phi) is 6.31. The molecular formula is C20H23N7O3S. The van der Waals surface area contributed by atoms with Gasteiger partial charge in [0, 0.05) is 23.9 Å². The number of piperidine rings is 1. The van der Waals surface area contributed by atoms with Crippen LogP contribution in [-0.2, 0) is 9.59 Å². The Bertz CT molecular complexity index is 1060. The number of tetrazole rings is 1. The van der Waals surface area contributed by atoms with E-state index < -0.39 is 12.0 Å². The van der Waals surface area contributed by atoms with Crippen molar-refractivity contribution in [2.75, 3.05) is 24.2 Å². The van der Waals surface area contributed by atoms with Gasteiger partial charge in [-0.05, 0) is 59.4 Å². The minimum atomic E-state index is -0.946. The summed E-state index contributed by atoms with van der Waals surface area (Å²) in [7, 11) is 0. The molecule has 0 saturated carbocycles. The predicted octanol–water partition coefficient (Wildman–Crippen LogP) is 1.79. The van der Waals surface area contributed by atoms with Gasteiger partial charge in [-0.3, -0.25) is 9.59 Å². The van der Waals surface area contributed by atoms with Crippen LogP contribution >= 0.6 is 11.8 Å². The van der Waals surface area contributed by atoms with Gasteiger partial charge in [0.25, 0.3) is 0 Å². The molecule has 162 valence electrons. The normalized spacial score (nSPS) is 15.7. The van der Waals surface area contributed by atoms with Crippen molar-refractivity contribution < 1.29 is 14.7 Å². The van der Waals surface area contributed by atoms with E-state index in [1.165, 1.54) is 4.63 Å². The zero-order chi connectivity index (χ0) is 21.8. The number of carbonyl (C=O) groups excluding carboxylic acids is 1. The molecule has 1 aliphatic rings. The molecule has 0 aliphatic carbocycles. The van der Waals surface area contributed by atoms with E-state index in [1.54, 1.807) is 17.8 Å². The van der Waals surface area contributed by atoms with Crippen LogP contribution in [-0.4, -0.2) is 61.6 Å². The van der Waals surface area contributed by atoms with E-state index in [4.69, 9.17) is 0 Å². The molecule has 1 aromatic carbocycles. The Morgan fingerprint density at radius 3 is 2.61 bits per heavy atom. The maximum Gasteiger partial charge on any atom is 0.305 e. The minimum absolute atomic E-state index is 0.108. The van der Waals surface area contributed by atoms with Crippen LogP contribution in [0.4, 0.5) is 5.82 Å². The van der Waals surface area contributed by atoms with E-state index in [0.29, 0.717) is 31.6 Å². The van der Waals surface area contributed by atoms with E-state index in [2.05, 4.69) is 30.8 Å². The highest BCUT2D eigenvalue weighted by Crippen LogP contribution is 2.25. The Labute approximate surface area is 183 Å². The fourth-order valence-corrected chi connectivity index (χ4v) is 4.14. The van der Waals surface area contributed by atoms with Gasteiger partial charge < -0.3 is 15.3 Å². The summed E-state index contributed by atoms with van der Waals surface area (Å²) in [6, 6.07) is 10.8. The molecule has 1 atom stereocenters. The lowest BCUT2D eigenvalue weighted by atomic mass is 9.94. The summed E-state index contributed by atoms with van der Waals surface area (Å²) in [5.74, 6) is -0.465. The first kappa shape index (κ1) is 21.0. The number of anilines is 1. The van der Waals surface area contributed by atoms with Gasteiger partial charge >= 0.3 is 5.97 Å². The van der Waals surface area contributed by atoms with Crippen molar-refractivity contribution in [3.8, 4) is 0 Å². The first-order valence-electron chi connectivity index (χ1n) is 10.00. The number of hydrogen-bond donors (Lipinski definition) is 2. The molecule has 2 aromatic heterocycles. The fraction of sp³-hybridized carbons (Fsp3) is 0.400. The Balaban J connectivity index is 1.38. The molecule has 4 rings (SSSR count). The van der Waals surface area contributed by atoms with E-state index in [0.717, 1.165) is 16.3 Å². The topological polar surface area (TPSA) is 126 Å². The van der Waals surface area contributed by atoms with Gasteiger partial charge in [0.05, 0.1) is 12.5 Å². The van der Waals surface area contributed by atoms with Crippen molar-refractivity contribution >= 4 is 35.1 Å². The lowest BCUT2D eigenvalue weighted by molar-refractivity contribution is -0.138. The van der Waals surface area contributed by atoms with Crippen LogP contribution in [0.15, 0.2) is 41.3 Å². The lowest BCUT2D eigenvalue weighted by Gasteiger charge is -2.32. The number of aromatic nitrogens is 5. The highest BCUT2D eigenvalue weighted by atomic mass is 32.2. The summed E-state index contributed by atoms with van der Waals surface area (Å²) in [6.45, 7) is 1.34. The fourth-order valence-electron chi connectivity index (χ4n) is 3.73. The molecule has 0 radical (unpaired) electrons. The molecule has 3 aromatic rings. The van der Waals surface area contributed by atoms with Crippen LogP contribution in [0, 0.1) is 5.92 Å². The largest absolute Gasteiger partial charge is 0.481 e. The first-order valence-corrected chi connectivity index (χ1v) is 11.2. The average Bonchev–Trinajstić information content (AvgIpc) is 3.26. The third kappa shape index (κ3) is 4.93. The van der Waals surface area contributed by atoms with Gasteiger partial charge in [0.2, 0.25) is 5.91 Å². The number of nitrogens with zero attached hydrogens (tertiary/aromatic N) is 6. The highest BCUT2D eigenvalue weighted by Gasteiger charge is 2.28. The number of carboxylic acids is 1. The molecule has 1 saturated heterocycles. The van der Waals surface area contributed by atoms with E-state index in [9.17, 15) is 14.7 Å². The monoisotopic (exact) mass is 441 g/mol. The van der Waals surface area contributed by atoms with E-state index in [1.807, 2.05) is 36.6 Å². The predicted molar refractivity (Wildman–Crippen MR) is 115 cm³/mol. The SMILES string of the molecule is CSc1ccc([C@@H](CC(=O)O)NC(=O)C2CCN(c3ccc4nnnn4n3)CC2)cc1. The third-order valence-electron chi connectivity index (χ3n) is 5.46. The summed E-state index contributed by atoms with van der Waals surface area (Å²) in [6.07, 6.45) is 3.14. The number of fused-ring (bicyclic) bond motifs is 1. The lowest BCUT2D eigenvalue weighted by Crippen LogP contribution is -2.42. The van der Waals surface area contributed by atoms with Crippen LogP contribution in [0.2, 0.25) is 0 Å². The zero-order valence-corrected chi connectivity index (χ0v) is 17.8. The van der Waals surface area contributed by atoms with Crippen molar-refractivity contribution in [1.29, 1.82) is 0 Å². The van der Waals surface area contributed by atoms with Crippen molar-refractivity contribution in [3.05, 3.63) is 42.0 Å². The van der Waals surface area contributed by atoms with Crippen molar-refractivity contribution in [1.82, 2.24) is 30.6 Å². The number of rotatable bonds is 7. The molecule has 0 spiro atoms. The summed E-state index contributed by atoms with van der Waals surface area (Å²) in [4.78, 5) is 27.4. The quantitative estimate of drug-likeness (QED) is 0.528. The first-order chi connectivity index (χ1) is 15.0. The molecule has 11 heteroatoms. The van der Waals surface area contributed by atoms with Gasteiger partial charge in [-0.25, -0.2) is 0 Å². The third-order valence-corrected chi connectivity index (χ3v) is 6.20.